The van der Waals surface area contributed by atoms with E-state index in [1.807, 2.05) is 0 Å². The molecule has 1 aliphatic rings. The Bertz CT molecular complexity index is 546. The maximum Gasteiger partial charge on any atom is 0.303 e. The van der Waals surface area contributed by atoms with Gasteiger partial charge in [-0.2, -0.15) is 0 Å². The lowest BCUT2D eigenvalue weighted by Gasteiger charge is -2.27. The molecule has 1 heterocycles. The average molecular weight is 287 g/mol. The van der Waals surface area contributed by atoms with Gasteiger partial charge < -0.3 is 10.0 Å². The van der Waals surface area contributed by atoms with Crippen LogP contribution < -0.4 is 4.90 Å². The summed E-state index contributed by atoms with van der Waals surface area (Å²) in [4.78, 5) is 12.9. The highest BCUT2D eigenvalue weighted by atomic mass is 16.4. The van der Waals surface area contributed by atoms with E-state index in [-0.39, 0.29) is 11.8 Å². The first-order valence-electron chi connectivity index (χ1n) is 7.74. The van der Waals surface area contributed by atoms with Gasteiger partial charge in [0.05, 0.1) is 0 Å². The number of fused-ring (bicyclic) bond motifs is 1. The largest absolute Gasteiger partial charge is 0.481 e. The van der Waals surface area contributed by atoms with Crippen LogP contribution in [0.4, 0.5) is 5.69 Å². The summed E-state index contributed by atoms with van der Waals surface area (Å²) in [6.45, 7) is 7.59. The molecule has 0 spiro atoms. The molecular formula is C18H25NO2. The standard InChI is InChI=1S/C18H25NO2/c1-4-16-18(2,3)14-10-7-8-11-15(14)19(16)13-9-5-6-12-17(20)21/h4,7-8,10-11H,5-6,9,12-13H2,1-3H3,(H,20,21). The maximum absolute atomic E-state index is 10.5. The molecule has 1 aromatic rings. The van der Waals surface area contributed by atoms with Crippen molar-refractivity contribution < 1.29 is 9.90 Å². The van der Waals surface area contributed by atoms with Gasteiger partial charge in [-0.25, -0.2) is 0 Å². The minimum atomic E-state index is -0.697. The molecular weight excluding hydrogens is 262 g/mol. The summed E-state index contributed by atoms with van der Waals surface area (Å²) < 4.78 is 0. The summed E-state index contributed by atoms with van der Waals surface area (Å²) in [6, 6.07) is 8.59. The highest BCUT2D eigenvalue weighted by Crippen LogP contribution is 2.47. The number of aliphatic carboxylic acids is 1. The molecule has 1 aromatic carbocycles. The second kappa shape index (κ2) is 6.33. The Labute approximate surface area is 127 Å². The van der Waals surface area contributed by atoms with Gasteiger partial charge in [0.2, 0.25) is 0 Å². The number of anilines is 1. The summed E-state index contributed by atoms with van der Waals surface area (Å²) in [7, 11) is 0. The normalized spacial score (nSPS) is 18.0. The number of carbonyl (C=O) groups is 1. The highest BCUT2D eigenvalue weighted by Gasteiger charge is 2.38. The van der Waals surface area contributed by atoms with Crippen molar-refractivity contribution in [3.8, 4) is 0 Å². The summed E-state index contributed by atoms with van der Waals surface area (Å²) >= 11 is 0. The molecule has 0 saturated carbocycles. The first kappa shape index (κ1) is 15.6. The zero-order valence-electron chi connectivity index (χ0n) is 13.2. The van der Waals surface area contributed by atoms with Crippen molar-refractivity contribution in [1.82, 2.24) is 0 Å². The first-order valence-corrected chi connectivity index (χ1v) is 7.74. The molecule has 21 heavy (non-hydrogen) atoms. The third-order valence-corrected chi connectivity index (χ3v) is 4.35. The quantitative estimate of drug-likeness (QED) is 0.791. The summed E-state index contributed by atoms with van der Waals surface area (Å²) in [5, 5.41) is 8.68. The number of carboxylic acid groups (broad SMARTS) is 1. The van der Waals surface area contributed by atoms with Crippen molar-refractivity contribution in [2.75, 3.05) is 11.4 Å². The molecule has 0 unspecified atom stereocenters. The summed E-state index contributed by atoms with van der Waals surface area (Å²) in [5.74, 6) is -0.697. The Hall–Kier alpha value is -1.77. The minimum absolute atomic E-state index is 0.0480. The van der Waals surface area contributed by atoms with E-state index in [4.69, 9.17) is 5.11 Å². The van der Waals surface area contributed by atoms with Gasteiger partial charge in [0.15, 0.2) is 0 Å². The Balaban J connectivity index is 2.07. The van der Waals surface area contributed by atoms with Crippen LogP contribution in [-0.2, 0) is 10.2 Å². The molecule has 0 bridgehead atoms. The maximum atomic E-state index is 10.5. The topological polar surface area (TPSA) is 40.5 Å². The fraction of sp³-hybridized carbons (Fsp3) is 0.500. The summed E-state index contributed by atoms with van der Waals surface area (Å²) in [5.41, 5.74) is 4.08. The van der Waals surface area contributed by atoms with Crippen LogP contribution >= 0.6 is 0 Å². The lowest BCUT2D eigenvalue weighted by Crippen LogP contribution is -2.26. The van der Waals surface area contributed by atoms with E-state index in [9.17, 15) is 4.79 Å². The van der Waals surface area contributed by atoms with E-state index < -0.39 is 5.97 Å². The van der Waals surface area contributed by atoms with Crippen molar-refractivity contribution in [3.63, 3.8) is 0 Å². The molecule has 114 valence electrons. The molecule has 0 aliphatic carbocycles. The number of rotatable bonds is 6. The zero-order chi connectivity index (χ0) is 15.5. The van der Waals surface area contributed by atoms with Crippen molar-refractivity contribution in [1.29, 1.82) is 0 Å². The second-order valence-corrected chi connectivity index (χ2v) is 6.17. The number of nitrogens with zero attached hydrogens (tertiary/aromatic N) is 1. The van der Waals surface area contributed by atoms with Gasteiger partial charge in [0.1, 0.15) is 0 Å². The molecule has 1 aliphatic heterocycles. The smallest absolute Gasteiger partial charge is 0.303 e. The number of benzene rings is 1. The minimum Gasteiger partial charge on any atom is -0.481 e. The summed E-state index contributed by atoms with van der Waals surface area (Å²) in [6.07, 6.45) is 5.23. The van der Waals surface area contributed by atoms with E-state index in [1.54, 1.807) is 0 Å². The highest BCUT2D eigenvalue weighted by molar-refractivity contribution is 5.70. The van der Waals surface area contributed by atoms with E-state index in [0.29, 0.717) is 0 Å². The van der Waals surface area contributed by atoms with E-state index in [0.717, 1.165) is 25.8 Å². The number of carboxylic acids is 1. The molecule has 0 aromatic heterocycles. The lowest BCUT2D eigenvalue weighted by atomic mass is 9.84. The van der Waals surface area contributed by atoms with Crippen LogP contribution in [0.25, 0.3) is 0 Å². The molecule has 0 radical (unpaired) electrons. The third kappa shape index (κ3) is 3.12. The molecule has 0 atom stereocenters. The fourth-order valence-corrected chi connectivity index (χ4v) is 3.32. The van der Waals surface area contributed by atoms with Gasteiger partial charge >= 0.3 is 5.97 Å². The number of unbranched alkanes of at least 4 members (excludes halogenated alkanes) is 2. The van der Waals surface area contributed by atoms with Gasteiger partial charge in [-0.3, -0.25) is 4.79 Å². The third-order valence-electron chi connectivity index (χ3n) is 4.35. The molecule has 3 nitrogen and oxygen atoms in total. The molecule has 2 rings (SSSR count). The first-order chi connectivity index (χ1) is 9.98. The Morgan fingerprint density at radius 1 is 1.24 bits per heavy atom. The van der Waals surface area contributed by atoms with Crippen molar-refractivity contribution in [3.05, 3.63) is 41.6 Å². The number of hydrogen-bond acceptors (Lipinski definition) is 2. The van der Waals surface area contributed by atoms with Crippen molar-refractivity contribution >= 4 is 11.7 Å². The fourth-order valence-electron chi connectivity index (χ4n) is 3.32. The Morgan fingerprint density at radius 3 is 2.62 bits per heavy atom. The van der Waals surface area contributed by atoms with E-state index in [1.165, 1.54) is 16.9 Å². The predicted octanol–water partition coefficient (Wildman–Crippen LogP) is 4.33. The molecule has 3 heteroatoms. The monoisotopic (exact) mass is 287 g/mol. The van der Waals surface area contributed by atoms with Gasteiger partial charge in [0.25, 0.3) is 0 Å². The predicted molar refractivity (Wildman–Crippen MR) is 86.7 cm³/mol. The van der Waals surface area contributed by atoms with Crippen LogP contribution in [-0.4, -0.2) is 17.6 Å². The number of allylic oxidation sites excluding steroid dienone is 2. The van der Waals surface area contributed by atoms with Crippen LogP contribution in [0.5, 0.6) is 0 Å². The van der Waals surface area contributed by atoms with Crippen molar-refractivity contribution in [2.45, 2.75) is 51.9 Å². The van der Waals surface area contributed by atoms with Gasteiger partial charge in [-0.15, -0.1) is 0 Å². The van der Waals surface area contributed by atoms with Crippen LogP contribution in [0, 0.1) is 0 Å². The number of para-hydroxylation sites is 1. The Kier molecular flexibility index (Phi) is 4.71. The van der Waals surface area contributed by atoms with Crippen LogP contribution in [0.3, 0.4) is 0 Å². The van der Waals surface area contributed by atoms with E-state index >= 15 is 0 Å². The SMILES string of the molecule is CC=C1N(CCCCCC(=O)O)c2ccccc2C1(C)C. The molecule has 0 fully saturated rings. The number of hydrogen-bond donors (Lipinski definition) is 1. The van der Waals surface area contributed by atoms with Crippen LogP contribution in [0.2, 0.25) is 0 Å². The van der Waals surface area contributed by atoms with Gasteiger partial charge in [-0.1, -0.05) is 44.5 Å². The van der Waals surface area contributed by atoms with Gasteiger partial charge in [-0.05, 0) is 31.4 Å². The van der Waals surface area contributed by atoms with Crippen LogP contribution in [0.15, 0.2) is 36.0 Å². The Morgan fingerprint density at radius 2 is 1.95 bits per heavy atom. The average Bonchev–Trinajstić information content (AvgIpc) is 2.66. The molecule has 1 N–H and O–H groups in total. The van der Waals surface area contributed by atoms with E-state index in [2.05, 4.69) is 56.0 Å². The zero-order valence-corrected chi connectivity index (χ0v) is 13.2. The van der Waals surface area contributed by atoms with Crippen molar-refractivity contribution in [2.24, 2.45) is 0 Å². The molecule has 0 saturated heterocycles. The van der Waals surface area contributed by atoms with Crippen LogP contribution in [0.1, 0.15) is 52.0 Å². The molecule has 0 amide bonds. The van der Waals surface area contributed by atoms with Gasteiger partial charge in [0, 0.05) is 29.8 Å². The second-order valence-electron chi connectivity index (χ2n) is 6.17. The lowest BCUT2D eigenvalue weighted by molar-refractivity contribution is -0.137.